The lowest BCUT2D eigenvalue weighted by Crippen LogP contribution is -2.60. The summed E-state index contributed by atoms with van der Waals surface area (Å²) in [6, 6.07) is -0.750. The molecule has 0 aromatic carbocycles. The van der Waals surface area contributed by atoms with Gasteiger partial charge in [-0.1, -0.05) is 20.8 Å². The van der Waals surface area contributed by atoms with E-state index >= 15 is 0 Å². The summed E-state index contributed by atoms with van der Waals surface area (Å²) >= 11 is 5.18. The molecule has 1 aliphatic heterocycles. The summed E-state index contributed by atoms with van der Waals surface area (Å²) < 4.78 is 5.16. The molecule has 130 valence electrons. The second kappa shape index (κ2) is 9.44. The number of hydrogen-bond donors (Lipinski definition) is 2. The average molecular weight is 343 g/mol. The molecule has 0 aromatic rings. The predicted octanol–water partition coefficient (Wildman–Crippen LogP) is 0.577. The first-order valence-corrected chi connectivity index (χ1v) is 8.29. The third kappa shape index (κ3) is 6.52. The first-order valence-electron chi connectivity index (χ1n) is 7.88. The van der Waals surface area contributed by atoms with Gasteiger partial charge in [-0.05, 0) is 24.6 Å². The molecule has 0 saturated carbocycles. The SMILES string of the molecule is CCC(=O)NC(=S)N1CCNC(=O)C1CC(=O)OCCC(C)C. The minimum absolute atomic E-state index is 0.0912. The van der Waals surface area contributed by atoms with Crippen molar-refractivity contribution in [1.29, 1.82) is 0 Å². The fraction of sp³-hybridized carbons (Fsp3) is 0.733. The first-order chi connectivity index (χ1) is 10.8. The average Bonchev–Trinajstić information content (AvgIpc) is 2.48. The minimum Gasteiger partial charge on any atom is -0.466 e. The third-order valence-corrected chi connectivity index (χ3v) is 3.81. The molecule has 1 fully saturated rings. The normalized spacial score (nSPS) is 17.7. The highest BCUT2D eigenvalue weighted by atomic mass is 32.1. The quantitative estimate of drug-likeness (QED) is 0.542. The van der Waals surface area contributed by atoms with Crippen LogP contribution in [-0.4, -0.2) is 53.5 Å². The molecule has 2 amide bonds. The number of piperazine rings is 1. The smallest absolute Gasteiger partial charge is 0.308 e. The summed E-state index contributed by atoms with van der Waals surface area (Å²) in [6.45, 7) is 6.99. The van der Waals surface area contributed by atoms with Crippen molar-refractivity contribution in [2.75, 3.05) is 19.7 Å². The summed E-state index contributed by atoms with van der Waals surface area (Å²) in [5.41, 5.74) is 0. The minimum atomic E-state index is -0.750. The Balaban J connectivity index is 2.62. The van der Waals surface area contributed by atoms with Crippen molar-refractivity contribution in [3.05, 3.63) is 0 Å². The van der Waals surface area contributed by atoms with Crippen molar-refractivity contribution in [2.45, 2.75) is 46.1 Å². The van der Waals surface area contributed by atoms with Gasteiger partial charge in [-0.2, -0.15) is 0 Å². The zero-order chi connectivity index (χ0) is 17.4. The Labute approximate surface area is 142 Å². The van der Waals surface area contributed by atoms with Crippen LogP contribution in [0.4, 0.5) is 0 Å². The molecule has 1 atom stereocenters. The lowest BCUT2D eigenvalue weighted by atomic mass is 10.1. The molecular formula is C15H25N3O4S. The molecule has 0 aliphatic carbocycles. The lowest BCUT2D eigenvalue weighted by molar-refractivity contribution is -0.147. The number of ether oxygens (including phenoxy) is 1. The summed E-state index contributed by atoms with van der Waals surface area (Å²) in [5.74, 6) is -0.513. The predicted molar refractivity (Wildman–Crippen MR) is 89.6 cm³/mol. The molecule has 0 bridgehead atoms. The molecule has 8 heteroatoms. The maximum Gasteiger partial charge on any atom is 0.308 e. The summed E-state index contributed by atoms with van der Waals surface area (Å²) in [5, 5.41) is 5.44. The van der Waals surface area contributed by atoms with Gasteiger partial charge in [0.25, 0.3) is 0 Å². The highest BCUT2D eigenvalue weighted by Gasteiger charge is 2.34. The molecule has 0 spiro atoms. The molecule has 23 heavy (non-hydrogen) atoms. The molecule has 1 rings (SSSR count). The second-order valence-corrected chi connectivity index (χ2v) is 6.20. The molecular weight excluding hydrogens is 318 g/mol. The van der Waals surface area contributed by atoms with Gasteiger partial charge >= 0.3 is 5.97 Å². The summed E-state index contributed by atoms with van der Waals surface area (Å²) in [6.07, 6.45) is 0.978. The molecule has 1 heterocycles. The van der Waals surface area contributed by atoms with E-state index in [-0.39, 0.29) is 23.3 Å². The van der Waals surface area contributed by atoms with E-state index in [4.69, 9.17) is 17.0 Å². The van der Waals surface area contributed by atoms with Crippen molar-refractivity contribution in [2.24, 2.45) is 5.92 Å². The molecule has 0 radical (unpaired) electrons. The van der Waals surface area contributed by atoms with Crippen LogP contribution in [0.3, 0.4) is 0 Å². The van der Waals surface area contributed by atoms with Crippen LogP contribution in [0.5, 0.6) is 0 Å². The summed E-state index contributed by atoms with van der Waals surface area (Å²) in [7, 11) is 0. The van der Waals surface area contributed by atoms with E-state index in [0.29, 0.717) is 32.0 Å². The Morgan fingerprint density at radius 2 is 2.17 bits per heavy atom. The Bertz CT molecular complexity index is 468. The van der Waals surface area contributed by atoms with E-state index in [9.17, 15) is 14.4 Å². The van der Waals surface area contributed by atoms with Crippen LogP contribution in [0, 0.1) is 5.92 Å². The van der Waals surface area contributed by atoms with Crippen LogP contribution < -0.4 is 10.6 Å². The van der Waals surface area contributed by atoms with Gasteiger partial charge in [0.15, 0.2) is 5.11 Å². The van der Waals surface area contributed by atoms with Gasteiger partial charge in [-0.15, -0.1) is 0 Å². The van der Waals surface area contributed by atoms with E-state index in [2.05, 4.69) is 10.6 Å². The van der Waals surface area contributed by atoms with Crippen molar-refractivity contribution in [3.8, 4) is 0 Å². The zero-order valence-corrected chi connectivity index (χ0v) is 14.7. The van der Waals surface area contributed by atoms with E-state index < -0.39 is 12.0 Å². The Hall–Kier alpha value is -1.70. The molecule has 7 nitrogen and oxygen atoms in total. The van der Waals surface area contributed by atoms with Crippen LogP contribution in [-0.2, 0) is 19.1 Å². The van der Waals surface area contributed by atoms with Gasteiger partial charge in [-0.3, -0.25) is 14.4 Å². The van der Waals surface area contributed by atoms with Gasteiger partial charge < -0.3 is 20.3 Å². The van der Waals surface area contributed by atoms with Crippen LogP contribution >= 0.6 is 12.2 Å². The number of nitrogens with one attached hydrogen (secondary N) is 2. The number of amides is 2. The molecule has 1 unspecified atom stereocenters. The van der Waals surface area contributed by atoms with Crippen LogP contribution in [0.2, 0.25) is 0 Å². The van der Waals surface area contributed by atoms with Gasteiger partial charge in [0, 0.05) is 19.5 Å². The highest BCUT2D eigenvalue weighted by molar-refractivity contribution is 7.80. The third-order valence-electron chi connectivity index (χ3n) is 3.48. The van der Waals surface area contributed by atoms with E-state index in [1.54, 1.807) is 11.8 Å². The number of esters is 1. The van der Waals surface area contributed by atoms with Gasteiger partial charge in [-0.25, -0.2) is 0 Å². The highest BCUT2D eigenvalue weighted by Crippen LogP contribution is 2.11. The molecule has 1 saturated heterocycles. The Kier molecular flexibility index (Phi) is 7.94. The fourth-order valence-corrected chi connectivity index (χ4v) is 2.40. The van der Waals surface area contributed by atoms with E-state index in [0.717, 1.165) is 6.42 Å². The molecule has 1 aliphatic rings. The van der Waals surface area contributed by atoms with Crippen LogP contribution in [0.1, 0.15) is 40.0 Å². The maximum atomic E-state index is 12.0. The van der Waals surface area contributed by atoms with Crippen molar-refractivity contribution < 1.29 is 19.1 Å². The van der Waals surface area contributed by atoms with E-state index in [1.807, 2.05) is 13.8 Å². The van der Waals surface area contributed by atoms with Crippen LogP contribution in [0.25, 0.3) is 0 Å². The second-order valence-electron chi connectivity index (χ2n) is 5.81. The molecule has 2 N–H and O–H groups in total. The van der Waals surface area contributed by atoms with Crippen molar-refractivity contribution in [3.63, 3.8) is 0 Å². The zero-order valence-electron chi connectivity index (χ0n) is 13.9. The van der Waals surface area contributed by atoms with Gasteiger partial charge in [0.1, 0.15) is 6.04 Å². The standard InChI is InChI=1S/C15H25N3O4S/c1-4-12(19)17-15(23)18-7-6-16-14(21)11(18)9-13(20)22-8-5-10(2)3/h10-11H,4-9H2,1-3H3,(H,16,21)(H,17,19,23). The largest absolute Gasteiger partial charge is 0.466 e. The van der Waals surface area contributed by atoms with Crippen molar-refractivity contribution in [1.82, 2.24) is 15.5 Å². The van der Waals surface area contributed by atoms with E-state index in [1.165, 1.54) is 0 Å². The fourth-order valence-electron chi connectivity index (χ4n) is 2.07. The lowest BCUT2D eigenvalue weighted by Gasteiger charge is -2.36. The molecule has 0 aromatic heterocycles. The van der Waals surface area contributed by atoms with Gasteiger partial charge in [0.05, 0.1) is 13.0 Å². The summed E-state index contributed by atoms with van der Waals surface area (Å²) in [4.78, 5) is 37.0. The number of carbonyl (C=O) groups excluding carboxylic acids is 3. The Morgan fingerprint density at radius 3 is 2.78 bits per heavy atom. The van der Waals surface area contributed by atoms with Gasteiger partial charge in [0.2, 0.25) is 11.8 Å². The maximum absolute atomic E-state index is 12.0. The first kappa shape index (κ1) is 19.3. The Morgan fingerprint density at radius 1 is 1.48 bits per heavy atom. The van der Waals surface area contributed by atoms with Crippen molar-refractivity contribution >= 4 is 35.1 Å². The number of nitrogens with zero attached hydrogens (tertiary/aromatic N) is 1. The number of rotatable bonds is 6. The number of carbonyl (C=O) groups is 3. The number of hydrogen-bond acceptors (Lipinski definition) is 5. The monoisotopic (exact) mass is 343 g/mol. The topological polar surface area (TPSA) is 87.7 Å². The van der Waals surface area contributed by atoms with Crippen LogP contribution in [0.15, 0.2) is 0 Å². The number of thiocarbonyl (C=S) groups is 1.